The van der Waals surface area contributed by atoms with Crippen molar-refractivity contribution in [3.05, 3.63) is 52.8 Å². The monoisotopic (exact) mass is 263 g/mol. The van der Waals surface area contributed by atoms with E-state index in [0.29, 0.717) is 0 Å². The van der Waals surface area contributed by atoms with Crippen LogP contribution < -0.4 is 0 Å². The van der Waals surface area contributed by atoms with Crippen molar-refractivity contribution in [3.63, 3.8) is 0 Å². The van der Waals surface area contributed by atoms with Crippen molar-refractivity contribution in [3.8, 4) is 11.1 Å². The first-order chi connectivity index (χ1) is 8.11. The maximum atomic E-state index is 9.25. The number of rotatable bonds is 2. The normalized spacial score (nSPS) is 10.0. The molecule has 0 bridgehead atoms. The average Bonchev–Trinajstić information content (AvgIpc) is 2.33. The minimum absolute atomic E-state index is 0. The van der Waals surface area contributed by atoms with Gasteiger partial charge in [0.2, 0.25) is 0 Å². The zero-order chi connectivity index (χ0) is 12.4. The van der Waals surface area contributed by atoms with Crippen LogP contribution in [0.25, 0.3) is 11.1 Å². The molecule has 0 atom stereocenters. The van der Waals surface area contributed by atoms with Crippen LogP contribution in [0, 0.1) is 20.8 Å². The molecule has 0 radical (unpaired) electrons. The van der Waals surface area contributed by atoms with E-state index < -0.39 is 0 Å². The third-order valence-corrected chi connectivity index (χ3v) is 3.20. The van der Waals surface area contributed by atoms with Crippen molar-refractivity contribution in [2.24, 2.45) is 0 Å². The molecule has 2 aromatic rings. The van der Waals surface area contributed by atoms with Gasteiger partial charge in [-0.3, -0.25) is 4.98 Å². The van der Waals surface area contributed by atoms with E-state index in [0.717, 1.165) is 22.4 Å². The fraction of sp³-hybridized carbons (Fsp3) is 0.267. The average molecular weight is 264 g/mol. The molecular weight excluding hydrogens is 246 g/mol. The summed E-state index contributed by atoms with van der Waals surface area (Å²) in [4.78, 5) is 4.32. The first kappa shape index (κ1) is 14.7. The highest BCUT2D eigenvalue weighted by Gasteiger charge is 2.04. The van der Waals surface area contributed by atoms with Crippen LogP contribution in [0.15, 0.2) is 30.5 Å². The standard InChI is InChI=1S/C15H17NO.ClH/c1-10-4-5-13(6-11(10)2)14-7-15(9-17)12(3)16-8-14;/h4-8,17H,9H2,1-3H3;1H. The summed E-state index contributed by atoms with van der Waals surface area (Å²) >= 11 is 0. The van der Waals surface area contributed by atoms with Crippen LogP contribution in [0.5, 0.6) is 0 Å². The van der Waals surface area contributed by atoms with Crippen LogP contribution >= 0.6 is 12.4 Å². The van der Waals surface area contributed by atoms with E-state index in [-0.39, 0.29) is 19.0 Å². The van der Waals surface area contributed by atoms with E-state index in [1.807, 2.05) is 19.2 Å². The van der Waals surface area contributed by atoms with Gasteiger partial charge in [-0.15, -0.1) is 12.4 Å². The van der Waals surface area contributed by atoms with E-state index >= 15 is 0 Å². The van der Waals surface area contributed by atoms with Gasteiger partial charge < -0.3 is 5.11 Å². The summed E-state index contributed by atoms with van der Waals surface area (Å²) in [5, 5.41) is 9.25. The predicted octanol–water partition coefficient (Wildman–Crippen LogP) is 3.59. The first-order valence-corrected chi connectivity index (χ1v) is 5.76. The number of hydrogen-bond acceptors (Lipinski definition) is 2. The Labute approximate surface area is 114 Å². The Morgan fingerprint density at radius 1 is 1.00 bits per heavy atom. The van der Waals surface area contributed by atoms with Crippen LogP contribution in [0.1, 0.15) is 22.4 Å². The molecule has 1 aromatic carbocycles. The Kier molecular flexibility index (Phi) is 4.88. The summed E-state index contributed by atoms with van der Waals surface area (Å²) < 4.78 is 0. The summed E-state index contributed by atoms with van der Waals surface area (Å²) in [5.74, 6) is 0. The SMILES string of the molecule is Cc1ccc(-c2cnc(C)c(CO)c2)cc1C.Cl. The van der Waals surface area contributed by atoms with Crippen molar-refractivity contribution in [2.45, 2.75) is 27.4 Å². The highest BCUT2D eigenvalue weighted by molar-refractivity contribution is 5.85. The summed E-state index contributed by atoms with van der Waals surface area (Å²) in [7, 11) is 0. The minimum atomic E-state index is 0. The number of aryl methyl sites for hydroxylation is 3. The van der Waals surface area contributed by atoms with Gasteiger partial charge in [0.25, 0.3) is 0 Å². The molecule has 1 aromatic heterocycles. The van der Waals surface area contributed by atoms with Crippen LogP contribution in [-0.2, 0) is 6.61 Å². The van der Waals surface area contributed by atoms with E-state index in [1.54, 1.807) is 0 Å². The minimum Gasteiger partial charge on any atom is -0.392 e. The Morgan fingerprint density at radius 3 is 2.33 bits per heavy atom. The summed E-state index contributed by atoms with van der Waals surface area (Å²) in [6, 6.07) is 8.37. The van der Waals surface area contributed by atoms with Crippen molar-refractivity contribution in [1.82, 2.24) is 4.98 Å². The second kappa shape index (κ2) is 5.98. The Balaban J connectivity index is 0.00000162. The van der Waals surface area contributed by atoms with Gasteiger partial charge in [-0.05, 0) is 49.1 Å². The smallest absolute Gasteiger partial charge is 0.0699 e. The molecular formula is C15H18ClNO. The van der Waals surface area contributed by atoms with Gasteiger partial charge >= 0.3 is 0 Å². The lowest BCUT2D eigenvalue weighted by atomic mass is 10.0. The van der Waals surface area contributed by atoms with Crippen LogP contribution in [0.2, 0.25) is 0 Å². The number of aliphatic hydroxyl groups is 1. The molecule has 0 fully saturated rings. The Morgan fingerprint density at radius 2 is 1.72 bits per heavy atom. The highest BCUT2D eigenvalue weighted by atomic mass is 35.5. The third-order valence-electron chi connectivity index (χ3n) is 3.20. The number of aromatic nitrogens is 1. The van der Waals surface area contributed by atoms with Crippen molar-refractivity contribution in [1.29, 1.82) is 0 Å². The zero-order valence-electron chi connectivity index (χ0n) is 10.9. The molecule has 2 rings (SSSR count). The summed E-state index contributed by atoms with van der Waals surface area (Å²) in [5.41, 5.74) is 6.55. The van der Waals surface area contributed by atoms with Gasteiger partial charge in [0.15, 0.2) is 0 Å². The van der Waals surface area contributed by atoms with Crippen LogP contribution in [0.4, 0.5) is 0 Å². The maximum absolute atomic E-state index is 9.25. The highest BCUT2D eigenvalue weighted by Crippen LogP contribution is 2.23. The lowest BCUT2D eigenvalue weighted by Gasteiger charge is -2.08. The molecule has 0 unspecified atom stereocenters. The van der Waals surface area contributed by atoms with E-state index in [2.05, 4.69) is 37.0 Å². The van der Waals surface area contributed by atoms with Gasteiger partial charge in [0, 0.05) is 17.5 Å². The quantitative estimate of drug-likeness (QED) is 0.898. The van der Waals surface area contributed by atoms with Crippen molar-refractivity contribution in [2.75, 3.05) is 0 Å². The molecule has 3 heteroatoms. The lowest BCUT2D eigenvalue weighted by Crippen LogP contribution is -1.93. The van der Waals surface area contributed by atoms with E-state index in [1.165, 1.54) is 11.1 Å². The molecule has 1 heterocycles. The molecule has 0 saturated heterocycles. The molecule has 2 nitrogen and oxygen atoms in total. The second-order valence-electron chi connectivity index (χ2n) is 4.43. The molecule has 0 spiro atoms. The number of benzene rings is 1. The first-order valence-electron chi connectivity index (χ1n) is 5.76. The Hall–Kier alpha value is -1.38. The second-order valence-corrected chi connectivity index (χ2v) is 4.43. The molecule has 0 aliphatic heterocycles. The molecule has 96 valence electrons. The topological polar surface area (TPSA) is 33.1 Å². The van der Waals surface area contributed by atoms with Crippen molar-refractivity contribution < 1.29 is 5.11 Å². The molecule has 0 aliphatic carbocycles. The Bertz CT molecular complexity index is 552. The van der Waals surface area contributed by atoms with Crippen LogP contribution in [-0.4, -0.2) is 10.1 Å². The van der Waals surface area contributed by atoms with Gasteiger partial charge in [-0.25, -0.2) is 0 Å². The molecule has 0 aliphatic rings. The number of halogens is 1. The number of pyridine rings is 1. The van der Waals surface area contributed by atoms with Gasteiger partial charge in [0.1, 0.15) is 0 Å². The largest absolute Gasteiger partial charge is 0.392 e. The van der Waals surface area contributed by atoms with Gasteiger partial charge in [0.05, 0.1) is 6.61 Å². The zero-order valence-corrected chi connectivity index (χ0v) is 11.7. The van der Waals surface area contributed by atoms with Gasteiger partial charge in [-0.2, -0.15) is 0 Å². The molecule has 1 N–H and O–H groups in total. The van der Waals surface area contributed by atoms with E-state index in [4.69, 9.17) is 0 Å². The van der Waals surface area contributed by atoms with Crippen molar-refractivity contribution >= 4 is 12.4 Å². The summed E-state index contributed by atoms with van der Waals surface area (Å²) in [6.07, 6.45) is 1.86. The van der Waals surface area contributed by atoms with E-state index in [9.17, 15) is 5.11 Å². The lowest BCUT2D eigenvalue weighted by molar-refractivity contribution is 0.280. The number of hydrogen-bond donors (Lipinski definition) is 1. The molecule has 18 heavy (non-hydrogen) atoms. The predicted molar refractivity (Wildman–Crippen MR) is 77.1 cm³/mol. The fourth-order valence-electron chi connectivity index (χ4n) is 1.82. The fourth-order valence-corrected chi connectivity index (χ4v) is 1.82. The number of aliphatic hydroxyl groups excluding tert-OH is 1. The summed E-state index contributed by atoms with van der Waals surface area (Å²) in [6.45, 7) is 6.16. The number of nitrogens with zero attached hydrogens (tertiary/aromatic N) is 1. The molecule has 0 amide bonds. The van der Waals surface area contributed by atoms with Crippen LogP contribution in [0.3, 0.4) is 0 Å². The third kappa shape index (κ3) is 2.89. The molecule has 0 saturated carbocycles. The van der Waals surface area contributed by atoms with Gasteiger partial charge in [-0.1, -0.05) is 18.2 Å². The maximum Gasteiger partial charge on any atom is 0.0699 e.